The molecule has 0 aromatic carbocycles. The molecule has 41 heavy (non-hydrogen) atoms. The second-order valence-electron chi connectivity index (χ2n) is 8.79. The van der Waals surface area contributed by atoms with E-state index in [-0.39, 0.29) is 30.4 Å². The first kappa shape index (κ1) is 38.7. The van der Waals surface area contributed by atoms with Gasteiger partial charge in [0, 0.05) is 63.5 Å². The zero-order chi connectivity index (χ0) is 29.7. The Kier molecular flexibility index (Phi) is 21.0. The van der Waals surface area contributed by atoms with Gasteiger partial charge in [-0.05, 0) is 5.53 Å². The van der Waals surface area contributed by atoms with Crippen molar-refractivity contribution in [2.24, 2.45) is 16.6 Å². The number of ether oxygens (including phenoxy) is 2. The highest BCUT2D eigenvalue weighted by Gasteiger charge is 2.22. The molecule has 0 saturated carbocycles. The van der Waals surface area contributed by atoms with Crippen LogP contribution < -0.4 is 11.5 Å². The zero-order valence-electron chi connectivity index (χ0n) is 22.9. The molecule has 236 valence electrons. The van der Waals surface area contributed by atoms with Crippen molar-refractivity contribution in [3.8, 4) is 12.3 Å². The number of aromatic nitrogens is 3. The van der Waals surface area contributed by atoms with Crippen molar-refractivity contribution in [3.63, 3.8) is 0 Å². The molecule has 0 aliphatic carbocycles. The molecule has 2 saturated heterocycles. The van der Waals surface area contributed by atoms with Crippen molar-refractivity contribution >= 4 is 19.7 Å². The topological polar surface area (TPSA) is 225 Å². The van der Waals surface area contributed by atoms with E-state index in [0.29, 0.717) is 91.9 Å². The number of rotatable bonds is 13. The first-order chi connectivity index (χ1) is 19.1. The van der Waals surface area contributed by atoms with Crippen molar-refractivity contribution in [3.05, 3.63) is 22.3 Å². The van der Waals surface area contributed by atoms with Crippen LogP contribution in [0, 0.1) is 12.3 Å². The third kappa shape index (κ3) is 19.4. The third-order valence-electron chi connectivity index (χ3n) is 5.55. The number of terminal acetylenes is 1. The molecule has 4 N–H and O–H groups in total. The Hall–Kier alpha value is -2.33. The number of nitrogens with zero attached hydrogens (tertiary/aromatic N) is 8. The first-order valence-electron chi connectivity index (χ1n) is 12.9. The van der Waals surface area contributed by atoms with E-state index >= 15 is 0 Å². The molecular weight excluding hydrogens is 576 g/mol. The quantitative estimate of drug-likeness (QED) is 0.0864. The van der Waals surface area contributed by atoms with E-state index in [0.717, 1.165) is 5.69 Å². The van der Waals surface area contributed by atoms with Crippen LogP contribution in [-0.4, -0.2) is 143 Å². The second-order valence-corrected chi connectivity index (χ2v) is 13.4. The van der Waals surface area contributed by atoms with E-state index in [9.17, 15) is 16.8 Å². The van der Waals surface area contributed by atoms with Crippen LogP contribution in [0.5, 0.6) is 0 Å². The highest BCUT2D eigenvalue weighted by Crippen LogP contribution is 2.07. The summed E-state index contributed by atoms with van der Waals surface area (Å²) in [4.78, 5) is 6.60. The number of hydrogen-bond acceptors (Lipinski definition) is 13. The van der Waals surface area contributed by atoms with Crippen LogP contribution in [0.15, 0.2) is 11.3 Å². The molecule has 1 aromatic rings. The van der Waals surface area contributed by atoms with Crippen molar-refractivity contribution < 1.29 is 26.3 Å². The monoisotopic (exact) mass is 622 g/mol. The number of azide groups is 1. The molecule has 0 radical (unpaired) electrons. The van der Waals surface area contributed by atoms with Gasteiger partial charge in [-0.1, -0.05) is 23.7 Å². The van der Waals surface area contributed by atoms with E-state index in [4.69, 9.17) is 32.9 Å². The maximum atomic E-state index is 11.3. The highest BCUT2D eigenvalue weighted by atomic mass is 32.2. The lowest BCUT2D eigenvalue weighted by Gasteiger charge is -2.25. The van der Waals surface area contributed by atoms with Crippen molar-refractivity contribution in [2.75, 3.05) is 102 Å². The minimum atomic E-state index is -2.83. The molecule has 0 spiro atoms. The Morgan fingerprint density at radius 1 is 0.951 bits per heavy atom. The van der Waals surface area contributed by atoms with Gasteiger partial charge in [0.2, 0.25) is 0 Å². The molecule has 2 aliphatic rings. The maximum Gasteiger partial charge on any atom is 0.152 e. The minimum Gasteiger partial charge on any atom is -0.380 e. The molecule has 18 heteroatoms. The third-order valence-corrected chi connectivity index (χ3v) is 8.77. The molecule has 0 unspecified atom stereocenters. The predicted molar refractivity (Wildman–Crippen MR) is 158 cm³/mol. The van der Waals surface area contributed by atoms with Crippen molar-refractivity contribution in [1.29, 1.82) is 0 Å². The predicted octanol–water partition coefficient (Wildman–Crippen LogP) is -1.26. The molecule has 3 rings (SSSR count). The lowest BCUT2D eigenvalue weighted by molar-refractivity contribution is 0.130. The Morgan fingerprint density at radius 3 is 2.00 bits per heavy atom. The van der Waals surface area contributed by atoms with E-state index in [2.05, 4.69) is 31.2 Å². The van der Waals surface area contributed by atoms with E-state index in [1.165, 1.54) is 0 Å². The van der Waals surface area contributed by atoms with E-state index in [1.54, 1.807) is 4.68 Å². The molecule has 0 atom stereocenters. The lowest BCUT2D eigenvalue weighted by Crippen LogP contribution is -2.40. The Balaban J connectivity index is 0.000000647. The fraction of sp³-hybridized carbons (Fsp3) is 0.826. The molecule has 0 amide bonds. The normalized spacial score (nSPS) is 17.8. The van der Waals surface area contributed by atoms with Gasteiger partial charge in [-0.2, -0.15) is 0 Å². The minimum absolute atomic E-state index is 0. The molecule has 2 aliphatic heterocycles. The fourth-order valence-corrected chi connectivity index (χ4v) is 5.93. The van der Waals surface area contributed by atoms with Crippen LogP contribution in [0.4, 0.5) is 0 Å². The molecular formula is C23H46N10O6S2. The number of hydrogen-bond donors (Lipinski definition) is 2. The van der Waals surface area contributed by atoms with Gasteiger partial charge in [-0.3, -0.25) is 9.80 Å². The van der Waals surface area contributed by atoms with Crippen LogP contribution in [0.25, 0.3) is 10.4 Å². The van der Waals surface area contributed by atoms with Crippen LogP contribution in [0.1, 0.15) is 13.1 Å². The lowest BCUT2D eigenvalue weighted by atomic mass is 10.4. The van der Waals surface area contributed by atoms with Crippen LogP contribution >= 0.6 is 0 Å². The highest BCUT2D eigenvalue weighted by molar-refractivity contribution is 7.91. The average Bonchev–Trinajstić information content (AvgIpc) is 3.37. The average molecular weight is 623 g/mol. The van der Waals surface area contributed by atoms with Gasteiger partial charge in [0.1, 0.15) is 0 Å². The zero-order valence-corrected chi connectivity index (χ0v) is 24.5. The molecule has 3 heterocycles. The summed E-state index contributed by atoms with van der Waals surface area (Å²) in [5.74, 6) is 3.47. The SMILES string of the molecule is C.C#CCN1CCS(=O)(=O)CC1.NCCOCCn1cc(CN2CCS(=O)(=O)CC2)nn1.[N-]=[N+]=NCCOCCN. The van der Waals surface area contributed by atoms with E-state index < -0.39 is 19.7 Å². The van der Waals surface area contributed by atoms with Crippen LogP contribution in [0.3, 0.4) is 0 Å². The van der Waals surface area contributed by atoms with Crippen molar-refractivity contribution in [1.82, 2.24) is 24.8 Å². The van der Waals surface area contributed by atoms with Gasteiger partial charge in [-0.15, -0.1) is 11.5 Å². The standard InChI is InChI=1S/C11H21N5O3S.C7H11NO2S.C4H10N4O.CH4/c12-1-5-19-6-2-16-10-11(13-14-16)9-15-3-7-20(17,18)8-4-15;1-2-3-8-4-6-11(9,10)7-5-8;5-1-3-9-4-2-7-8-6;/h10H,1-9,12H2;1H,3-7H2;1-5H2;1H4. The molecule has 0 bridgehead atoms. The van der Waals surface area contributed by atoms with Gasteiger partial charge in [-0.25, -0.2) is 21.5 Å². The summed E-state index contributed by atoms with van der Waals surface area (Å²) in [7, 11) is -5.57. The smallest absolute Gasteiger partial charge is 0.152 e. The summed E-state index contributed by atoms with van der Waals surface area (Å²) in [5.41, 5.74) is 19.1. The number of nitrogens with two attached hydrogens (primary N) is 2. The van der Waals surface area contributed by atoms with Gasteiger partial charge in [0.15, 0.2) is 19.7 Å². The van der Waals surface area contributed by atoms with Gasteiger partial charge >= 0.3 is 0 Å². The number of sulfone groups is 2. The summed E-state index contributed by atoms with van der Waals surface area (Å²) in [6.07, 6.45) is 6.96. The van der Waals surface area contributed by atoms with Crippen molar-refractivity contribution in [2.45, 2.75) is 20.5 Å². The summed E-state index contributed by atoms with van der Waals surface area (Å²) < 4.78 is 56.4. The molecule has 16 nitrogen and oxygen atoms in total. The molecule has 1 aromatic heterocycles. The Labute approximate surface area is 244 Å². The summed E-state index contributed by atoms with van der Waals surface area (Å²) in [6, 6.07) is 0. The fourth-order valence-electron chi connectivity index (χ4n) is 3.37. The summed E-state index contributed by atoms with van der Waals surface area (Å²) >= 11 is 0. The maximum absolute atomic E-state index is 11.3. The first-order valence-corrected chi connectivity index (χ1v) is 16.5. The second kappa shape index (κ2) is 22.3. The summed E-state index contributed by atoms with van der Waals surface area (Å²) in [5, 5.41) is 11.4. The van der Waals surface area contributed by atoms with E-state index in [1.807, 2.05) is 11.1 Å². The Morgan fingerprint density at radius 2 is 1.49 bits per heavy atom. The van der Waals surface area contributed by atoms with Crippen LogP contribution in [-0.2, 0) is 42.2 Å². The molecule has 2 fully saturated rings. The summed E-state index contributed by atoms with van der Waals surface area (Å²) in [6.45, 7) is 7.65. The van der Waals surface area contributed by atoms with Gasteiger partial charge < -0.3 is 20.9 Å². The Bertz CT molecular complexity index is 1110. The van der Waals surface area contributed by atoms with Crippen LogP contribution in [0.2, 0.25) is 0 Å². The van der Waals surface area contributed by atoms with Gasteiger partial charge in [0.25, 0.3) is 0 Å². The largest absolute Gasteiger partial charge is 0.380 e. The van der Waals surface area contributed by atoms with Gasteiger partial charge in [0.05, 0.1) is 68.2 Å².